The van der Waals surface area contributed by atoms with Crippen LogP contribution in [0.5, 0.6) is 0 Å². The molecule has 1 N–H and O–H groups in total. The van der Waals surface area contributed by atoms with Crippen molar-refractivity contribution in [1.29, 1.82) is 0 Å². The number of hydrogen-bond donors (Lipinski definition) is 1. The van der Waals surface area contributed by atoms with E-state index in [0.717, 1.165) is 13.8 Å². The predicted molar refractivity (Wildman–Crippen MR) is 56.5 cm³/mol. The fourth-order valence-electron chi connectivity index (χ4n) is 3.02. The maximum Gasteiger partial charge on any atom is 0.303 e. The molecule has 2 rings (SSSR count). The number of allylic oxidation sites excluding steroid dienone is 1. The Morgan fingerprint density at radius 1 is 1.59 bits per heavy atom. The summed E-state index contributed by atoms with van der Waals surface area (Å²) >= 11 is 0. The van der Waals surface area contributed by atoms with Crippen LogP contribution in [0, 0.1) is 11.8 Å². The number of rotatable bonds is 3. The van der Waals surface area contributed by atoms with E-state index < -0.39 is 23.6 Å². The number of alkyl halides is 2. The number of fused-ring (bicyclic) bond motifs is 2. The summed E-state index contributed by atoms with van der Waals surface area (Å²) in [5.41, 5.74) is -3.80. The van der Waals surface area contributed by atoms with Gasteiger partial charge in [-0.15, -0.1) is 0 Å². The molecule has 0 aromatic heterocycles. The first-order valence-electron chi connectivity index (χ1n) is 5.68. The van der Waals surface area contributed by atoms with Crippen LogP contribution in [0.1, 0.15) is 26.7 Å². The van der Waals surface area contributed by atoms with Gasteiger partial charge in [-0.3, -0.25) is 4.79 Å². The Bertz CT molecular complexity index is 369. The lowest BCUT2D eigenvalue weighted by molar-refractivity contribution is -0.235. The van der Waals surface area contributed by atoms with Crippen molar-refractivity contribution in [1.82, 2.24) is 0 Å². The van der Waals surface area contributed by atoms with Crippen molar-refractivity contribution in [2.75, 3.05) is 0 Å². The smallest absolute Gasteiger partial charge is 0.303 e. The SMILES string of the molecule is CC(=O)OC(C)(C(F)F)C1(O)CC2C=CC1C2. The zero-order valence-corrected chi connectivity index (χ0v) is 9.82. The van der Waals surface area contributed by atoms with E-state index in [0.29, 0.717) is 6.42 Å². The highest BCUT2D eigenvalue weighted by atomic mass is 19.3. The normalized spacial score (nSPS) is 38.5. The lowest BCUT2D eigenvalue weighted by Gasteiger charge is -2.44. The molecule has 5 heteroatoms. The molecule has 1 fully saturated rings. The summed E-state index contributed by atoms with van der Waals surface area (Å²) in [5.74, 6) is -1.04. The fraction of sp³-hybridized carbons (Fsp3) is 0.750. The molecule has 1 saturated carbocycles. The molecule has 0 radical (unpaired) electrons. The van der Waals surface area contributed by atoms with Gasteiger partial charge in [0.2, 0.25) is 0 Å². The fourth-order valence-corrected chi connectivity index (χ4v) is 3.02. The van der Waals surface area contributed by atoms with Gasteiger partial charge in [-0.25, -0.2) is 8.78 Å². The van der Waals surface area contributed by atoms with Crippen LogP contribution in [-0.4, -0.2) is 28.7 Å². The Morgan fingerprint density at radius 3 is 2.59 bits per heavy atom. The van der Waals surface area contributed by atoms with E-state index in [1.807, 2.05) is 6.08 Å². The molecule has 4 unspecified atom stereocenters. The third-order valence-electron chi connectivity index (χ3n) is 3.99. The summed E-state index contributed by atoms with van der Waals surface area (Å²) in [6.45, 7) is 2.20. The van der Waals surface area contributed by atoms with Crippen LogP contribution in [0.25, 0.3) is 0 Å². The molecule has 0 aromatic rings. The molecule has 0 aliphatic heterocycles. The van der Waals surface area contributed by atoms with Gasteiger partial charge in [0, 0.05) is 12.8 Å². The van der Waals surface area contributed by atoms with Crippen molar-refractivity contribution in [3.05, 3.63) is 12.2 Å². The van der Waals surface area contributed by atoms with E-state index in [1.54, 1.807) is 6.08 Å². The molecular formula is C12H16F2O3. The number of halogens is 2. The average molecular weight is 246 g/mol. The third-order valence-corrected chi connectivity index (χ3v) is 3.99. The number of ether oxygens (including phenoxy) is 1. The van der Waals surface area contributed by atoms with Crippen molar-refractivity contribution < 1.29 is 23.4 Å². The van der Waals surface area contributed by atoms with Crippen LogP contribution in [-0.2, 0) is 9.53 Å². The third kappa shape index (κ3) is 1.68. The van der Waals surface area contributed by atoms with Gasteiger partial charge < -0.3 is 9.84 Å². The second kappa shape index (κ2) is 3.77. The van der Waals surface area contributed by atoms with Gasteiger partial charge in [0.25, 0.3) is 6.43 Å². The Kier molecular flexibility index (Phi) is 2.77. The average Bonchev–Trinajstić information content (AvgIpc) is 2.75. The quantitative estimate of drug-likeness (QED) is 0.611. The van der Waals surface area contributed by atoms with E-state index in [1.165, 1.54) is 0 Å². The predicted octanol–water partition coefficient (Wildman–Crippen LogP) is 1.90. The maximum absolute atomic E-state index is 13.2. The first-order chi connectivity index (χ1) is 7.79. The van der Waals surface area contributed by atoms with Crippen molar-refractivity contribution in [2.45, 2.75) is 44.3 Å². The van der Waals surface area contributed by atoms with E-state index in [9.17, 15) is 18.7 Å². The molecule has 0 spiro atoms. The molecular weight excluding hydrogens is 230 g/mol. The monoisotopic (exact) mass is 246 g/mol. The maximum atomic E-state index is 13.2. The van der Waals surface area contributed by atoms with Crippen molar-refractivity contribution in [3.8, 4) is 0 Å². The second-order valence-corrected chi connectivity index (χ2v) is 5.12. The summed E-state index contributed by atoms with van der Waals surface area (Å²) in [4.78, 5) is 11.0. The van der Waals surface area contributed by atoms with E-state index in [2.05, 4.69) is 0 Å². The molecule has 17 heavy (non-hydrogen) atoms. The Morgan fingerprint density at radius 2 is 2.24 bits per heavy atom. The van der Waals surface area contributed by atoms with Gasteiger partial charge in [-0.05, 0) is 25.7 Å². The first kappa shape index (κ1) is 12.5. The molecule has 0 saturated heterocycles. The number of aliphatic hydroxyl groups is 1. The number of carbonyl (C=O) groups excluding carboxylic acids is 1. The summed E-state index contributed by atoms with van der Waals surface area (Å²) in [6.07, 6.45) is 1.64. The lowest BCUT2D eigenvalue weighted by atomic mass is 9.74. The minimum Gasteiger partial charge on any atom is -0.450 e. The molecule has 2 bridgehead atoms. The van der Waals surface area contributed by atoms with Crippen LogP contribution >= 0.6 is 0 Å². The topological polar surface area (TPSA) is 46.5 Å². The summed E-state index contributed by atoms with van der Waals surface area (Å²) < 4.78 is 31.2. The highest BCUT2D eigenvalue weighted by Gasteiger charge is 2.64. The van der Waals surface area contributed by atoms with E-state index in [-0.39, 0.29) is 18.3 Å². The largest absolute Gasteiger partial charge is 0.450 e. The van der Waals surface area contributed by atoms with Gasteiger partial charge in [-0.1, -0.05) is 12.2 Å². The van der Waals surface area contributed by atoms with Gasteiger partial charge in [0.15, 0.2) is 5.60 Å². The standard InChI is InChI=1S/C12H16F2O3/c1-7(15)17-11(2,10(13)14)12(16)6-8-3-4-9(12)5-8/h3-4,8-10,16H,5-6H2,1-2H3. The van der Waals surface area contributed by atoms with Crippen LogP contribution < -0.4 is 0 Å². The summed E-state index contributed by atoms with van der Waals surface area (Å²) in [5, 5.41) is 10.5. The van der Waals surface area contributed by atoms with Crippen molar-refractivity contribution in [2.24, 2.45) is 11.8 Å². The molecule has 4 atom stereocenters. The molecule has 96 valence electrons. The Balaban J connectivity index is 2.33. The number of esters is 1. The molecule has 0 aromatic carbocycles. The van der Waals surface area contributed by atoms with Crippen LogP contribution in [0.15, 0.2) is 12.2 Å². The summed E-state index contributed by atoms with van der Waals surface area (Å²) in [6, 6.07) is 0. The van der Waals surface area contributed by atoms with Crippen LogP contribution in [0.2, 0.25) is 0 Å². The highest BCUT2D eigenvalue weighted by Crippen LogP contribution is 2.53. The Labute approximate surface area is 98.5 Å². The van der Waals surface area contributed by atoms with Crippen molar-refractivity contribution >= 4 is 5.97 Å². The minimum atomic E-state index is -2.91. The lowest BCUT2D eigenvalue weighted by Crippen LogP contribution is -2.61. The summed E-state index contributed by atoms with van der Waals surface area (Å²) in [7, 11) is 0. The highest BCUT2D eigenvalue weighted by molar-refractivity contribution is 5.66. The molecule has 0 heterocycles. The molecule has 2 aliphatic carbocycles. The van der Waals surface area contributed by atoms with Gasteiger partial charge in [0.05, 0.1) is 0 Å². The molecule has 0 amide bonds. The van der Waals surface area contributed by atoms with Crippen LogP contribution in [0.4, 0.5) is 8.78 Å². The first-order valence-corrected chi connectivity index (χ1v) is 5.68. The van der Waals surface area contributed by atoms with Gasteiger partial charge in [0.1, 0.15) is 5.60 Å². The Hall–Kier alpha value is -0.970. The second-order valence-electron chi connectivity index (χ2n) is 5.12. The molecule has 2 aliphatic rings. The van der Waals surface area contributed by atoms with E-state index in [4.69, 9.17) is 4.74 Å². The van der Waals surface area contributed by atoms with Crippen molar-refractivity contribution in [3.63, 3.8) is 0 Å². The zero-order valence-electron chi connectivity index (χ0n) is 9.82. The zero-order chi connectivity index (χ0) is 12.8. The van der Waals surface area contributed by atoms with E-state index >= 15 is 0 Å². The number of hydrogen-bond acceptors (Lipinski definition) is 3. The van der Waals surface area contributed by atoms with Gasteiger partial charge in [-0.2, -0.15) is 0 Å². The van der Waals surface area contributed by atoms with Gasteiger partial charge >= 0.3 is 5.97 Å². The number of carbonyl (C=O) groups is 1. The minimum absolute atomic E-state index is 0.110. The van der Waals surface area contributed by atoms with Crippen LogP contribution in [0.3, 0.4) is 0 Å². The molecule has 3 nitrogen and oxygen atoms in total.